The standard InChI is InChI=1S/C17H14O4/c1-9-5-12(18)8-16-17(9)10(2)6-15(21-16)11-3-4-13(19)14(20)7-11/h3-8,18-20H,2H2,1H3. The number of hydrogen-bond donors (Lipinski definition) is 3. The Morgan fingerprint density at radius 3 is 2.48 bits per heavy atom. The van der Waals surface area contributed by atoms with E-state index in [1.807, 2.05) is 6.92 Å². The third kappa shape index (κ3) is 2.21. The summed E-state index contributed by atoms with van der Waals surface area (Å²) in [6, 6.07) is 7.62. The monoisotopic (exact) mass is 282 g/mol. The first-order valence-electron chi connectivity index (χ1n) is 6.40. The number of hydrogen-bond acceptors (Lipinski definition) is 4. The SMILES string of the molecule is C=C1C=C(c2ccc(O)c(O)c2)Oc2cc(O)cc(C)c21. The Labute approximate surface area is 121 Å². The lowest BCUT2D eigenvalue weighted by atomic mass is 9.96. The Bertz CT molecular complexity index is 788. The quantitative estimate of drug-likeness (QED) is 0.699. The first kappa shape index (κ1) is 13.1. The molecule has 0 bridgehead atoms. The van der Waals surface area contributed by atoms with Crippen molar-refractivity contribution in [3.63, 3.8) is 0 Å². The van der Waals surface area contributed by atoms with Gasteiger partial charge in [0.1, 0.15) is 17.3 Å². The van der Waals surface area contributed by atoms with Gasteiger partial charge in [-0.05, 0) is 48.4 Å². The number of ether oxygens (including phenoxy) is 1. The minimum absolute atomic E-state index is 0.119. The summed E-state index contributed by atoms with van der Waals surface area (Å²) in [5.74, 6) is 0.715. The van der Waals surface area contributed by atoms with Crippen LogP contribution in [0.5, 0.6) is 23.0 Å². The molecule has 1 aliphatic rings. The third-order valence-corrected chi connectivity index (χ3v) is 3.39. The van der Waals surface area contributed by atoms with E-state index in [1.165, 1.54) is 18.2 Å². The molecule has 0 unspecified atom stereocenters. The molecule has 1 aliphatic heterocycles. The first-order valence-corrected chi connectivity index (χ1v) is 6.40. The van der Waals surface area contributed by atoms with E-state index >= 15 is 0 Å². The van der Waals surface area contributed by atoms with E-state index in [2.05, 4.69) is 6.58 Å². The Hall–Kier alpha value is -2.88. The fourth-order valence-corrected chi connectivity index (χ4v) is 2.43. The number of aryl methyl sites for hydroxylation is 1. The lowest BCUT2D eigenvalue weighted by Gasteiger charge is -2.22. The second-order valence-corrected chi connectivity index (χ2v) is 4.98. The molecule has 0 saturated heterocycles. The topological polar surface area (TPSA) is 69.9 Å². The Kier molecular flexibility index (Phi) is 2.87. The highest BCUT2D eigenvalue weighted by atomic mass is 16.5. The van der Waals surface area contributed by atoms with E-state index in [1.54, 1.807) is 18.2 Å². The molecular formula is C17H14O4. The molecule has 0 fully saturated rings. The van der Waals surface area contributed by atoms with Crippen LogP contribution in [0, 0.1) is 6.92 Å². The van der Waals surface area contributed by atoms with Gasteiger partial charge in [-0.15, -0.1) is 0 Å². The van der Waals surface area contributed by atoms with Crippen LogP contribution in [0.25, 0.3) is 11.3 Å². The molecule has 0 aliphatic carbocycles. The maximum absolute atomic E-state index is 9.69. The summed E-state index contributed by atoms with van der Waals surface area (Å²) in [6.07, 6.45) is 1.76. The second-order valence-electron chi connectivity index (χ2n) is 4.98. The summed E-state index contributed by atoms with van der Waals surface area (Å²) in [5.41, 5.74) is 3.09. The van der Waals surface area contributed by atoms with Crippen molar-refractivity contribution in [2.24, 2.45) is 0 Å². The lowest BCUT2D eigenvalue weighted by molar-refractivity contribution is 0.403. The molecule has 2 aromatic rings. The van der Waals surface area contributed by atoms with Crippen LogP contribution in [0.15, 0.2) is 43.0 Å². The predicted molar refractivity (Wildman–Crippen MR) is 80.3 cm³/mol. The van der Waals surface area contributed by atoms with Gasteiger partial charge in [0.05, 0.1) is 0 Å². The molecule has 21 heavy (non-hydrogen) atoms. The zero-order valence-electron chi connectivity index (χ0n) is 11.4. The first-order chi connectivity index (χ1) is 9.95. The number of allylic oxidation sites excluding steroid dienone is 2. The Morgan fingerprint density at radius 1 is 1.00 bits per heavy atom. The van der Waals surface area contributed by atoms with E-state index < -0.39 is 0 Å². The van der Waals surface area contributed by atoms with Gasteiger partial charge in [-0.1, -0.05) is 6.58 Å². The summed E-state index contributed by atoms with van der Waals surface area (Å²) in [4.78, 5) is 0. The molecule has 0 aromatic heterocycles. The highest BCUT2D eigenvalue weighted by Gasteiger charge is 2.20. The van der Waals surface area contributed by atoms with Gasteiger partial charge >= 0.3 is 0 Å². The maximum atomic E-state index is 9.69. The second kappa shape index (κ2) is 4.59. The summed E-state index contributed by atoms with van der Waals surface area (Å²) in [7, 11) is 0. The highest BCUT2D eigenvalue weighted by molar-refractivity contribution is 5.88. The Morgan fingerprint density at radius 2 is 1.76 bits per heavy atom. The number of aromatic hydroxyl groups is 3. The van der Waals surface area contributed by atoms with E-state index in [9.17, 15) is 15.3 Å². The average Bonchev–Trinajstić information content (AvgIpc) is 2.40. The number of fused-ring (bicyclic) bond motifs is 1. The minimum atomic E-state index is -0.222. The number of phenolic OH excluding ortho intramolecular Hbond substituents is 3. The van der Waals surface area contributed by atoms with Crippen molar-refractivity contribution in [2.45, 2.75) is 6.92 Å². The molecule has 0 atom stereocenters. The van der Waals surface area contributed by atoms with Crippen LogP contribution < -0.4 is 4.74 Å². The van der Waals surface area contributed by atoms with Crippen LogP contribution in [-0.4, -0.2) is 15.3 Å². The van der Waals surface area contributed by atoms with Crippen molar-refractivity contribution in [1.82, 2.24) is 0 Å². The molecule has 3 N–H and O–H groups in total. The van der Waals surface area contributed by atoms with Gasteiger partial charge < -0.3 is 20.1 Å². The maximum Gasteiger partial charge on any atom is 0.158 e. The lowest BCUT2D eigenvalue weighted by Crippen LogP contribution is -2.04. The third-order valence-electron chi connectivity index (χ3n) is 3.39. The van der Waals surface area contributed by atoms with Crippen molar-refractivity contribution in [3.05, 3.63) is 59.7 Å². The van der Waals surface area contributed by atoms with Gasteiger partial charge in [0.25, 0.3) is 0 Å². The molecule has 4 nitrogen and oxygen atoms in total. The molecule has 4 heteroatoms. The van der Waals surface area contributed by atoms with Crippen molar-refractivity contribution in [2.75, 3.05) is 0 Å². The summed E-state index contributed by atoms with van der Waals surface area (Å²) in [6.45, 7) is 5.89. The largest absolute Gasteiger partial charge is 0.508 e. The molecule has 0 saturated carbocycles. The minimum Gasteiger partial charge on any atom is -0.508 e. The van der Waals surface area contributed by atoms with Crippen LogP contribution in [0.4, 0.5) is 0 Å². The molecule has 0 spiro atoms. The Balaban J connectivity index is 2.08. The molecular weight excluding hydrogens is 268 g/mol. The molecule has 1 heterocycles. The van der Waals surface area contributed by atoms with Gasteiger partial charge in [-0.2, -0.15) is 0 Å². The van der Waals surface area contributed by atoms with E-state index in [4.69, 9.17) is 4.74 Å². The number of rotatable bonds is 1. The van der Waals surface area contributed by atoms with Crippen LogP contribution in [0.2, 0.25) is 0 Å². The number of benzene rings is 2. The van der Waals surface area contributed by atoms with Gasteiger partial charge in [0, 0.05) is 17.2 Å². The van der Waals surface area contributed by atoms with Crippen molar-refractivity contribution < 1.29 is 20.1 Å². The van der Waals surface area contributed by atoms with Gasteiger partial charge in [-0.3, -0.25) is 0 Å². The summed E-state index contributed by atoms with van der Waals surface area (Å²) >= 11 is 0. The molecule has 0 radical (unpaired) electrons. The van der Waals surface area contributed by atoms with Gasteiger partial charge in [-0.25, -0.2) is 0 Å². The fourth-order valence-electron chi connectivity index (χ4n) is 2.43. The van der Waals surface area contributed by atoms with Gasteiger partial charge in [0.15, 0.2) is 11.5 Å². The predicted octanol–water partition coefficient (Wildman–Crippen LogP) is 3.56. The highest BCUT2D eigenvalue weighted by Crippen LogP contribution is 2.41. The van der Waals surface area contributed by atoms with Gasteiger partial charge in [0.2, 0.25) is 0 Å². The fraction of sp³-hybridized carbons (Fsp3) is 0.0588. The van der Waals surface area contributed by atoms with E-state index in [0.717, 1.165) is 16.7 Å². The average molecular weight is 282 g/mol. The van der Waals surface area contributed by atoms with E-state index in [0.29, 0.717) is 17.1 Å². The normalized spacial score (nSPS) is 13.4. The zero-order valence-corrected chi connectivity index (χ0v) is 11.4. The summed E-state index contributed by atoms with van der Waals surface area (Å²) in [5, 5.41) is 28.6. The molecule has 106 valence electrons. The van der Waals surface area contributed by atoms with Crippen molar-refractivity contribution >= 4 is 11.3 Å². The van der Waals surface area contributed by atoms with E-state index in [-0.39, 0.29) is 17.2 Å². The molecule has 0 amide bonds. The smallest absolute Gasteiger partial charge is 0.158 e. The number of phenols is 3. The van der Waals surface area contributed by atoms with Crippen molar-refractivity contribution in [1.29, 1.82) is 0 Å². The van der Waals surface area contributed by atoms with Crippen LogP contribution >= 0.6 is 0 Å². The van der Waals surface area contributed by atoms with Crippen LogP contribution in [0.3, 0.4) is 0 Å². The van der Waals surface area contributed by atoms with Crippen LogP contribution in [-0.2, 0) is 0 Å². The molecule has 2 aromatic carbocycles. The van der Waals surface area contributed by atoms with Crippen LogP contribution in [0.1, 0.15) is 16.7 Å². The zero-order chi connectivity index (χ0) is 15.1. The molecule has 3 rings (SSSR count). The van der Waals surface area contributed by atoms with Crippen molar-refractivity contribution in [3.8, 4) is 23.0 Å². The summed E-state index contributed by atoms with van der Waals surface area (Å²) < 4.78 is 5.79.